The third kappa shape index (κ3) is 4.89. The second kappa shape index (κ2) is 7.61. The lowest BCUT2D eigenvalue weighted by molar-refractivity contribution is -0.114. The van der Waals surface area contributed by atoms with Gasteiger partial charge < -0.3 is 15.4 Å². The number of hydrogen-bond acceptors (Lipinski definition) is 4. The molecule has 2 aromatic rings. The van der Waals surface area contributed by atoms with E-state index in [-0.39, 0.29) is 11.8 Å². The van der Waals surface area contributed by atoms with Gasteiger partial charge in [-0.25, -0.2) is 0 Å². The Morgan fingerprint density at radius 3 is 2.73 bits per heavy atom. The number of carbonyl (C=O) groups excluding carboxylic acids is 2. The van der Waals surface area contributed by atoms with Crippen LogP contribution in [0.25, 0.3) is 0 Å². The summed E-state index contributed by atoms with van der Waals surface area (Å²) in [6.07, 6.45) is 0. The molecule has 2 rings (SSSR count). The summed E-state index contributed by atoms with van der Waals surface area (Å²) in [6.45, 7) is 4.20. The largest absolute Gasteiger partial charge is 0.492 e. The van der Waals surface area contributed by atoms with Crippen molar-refractivity contribution in [2.75, 3.05) is 18.5 Å². The number of amides is 2. The summed E-state index contributed by atoms with van der Waals surface area (Å²) >= 11 is 1.46. The Kier molecular flexibility index (Phi) is 5.55. The van der Waals surface area contributed by atoms with Crippen molar-refractivity contribution in [1.29, 1.82) is 0 Å². The van der Waals surface area contributed by atoms with Gasteiger partial charge in [0.25, 0.3) is 5.91 Å². The zero-order valence-corrected chi connectivity index (χ0v) is 13.3. The Morgan fingerprint density at radius 1 is 1.23 bits per heavy atom. The molecule has 0 fully saturated rings. The number of benzene rings is 1. The molecule has 1 aromatic carbocycles. The Balaban J connectivity index is 1.76. The highest BCUT2D eigenvalue weighted by Crippen LogP contribution is 2.17. The lowest BCUT2D eigenvalue weighted by Gasteiger charge is -2.09. The molecule has 2 amide bonds. The number of thiophene rings is 1. The number of hydrogen-bond donors (Lipinski definition) is 2. The molecule has 1 heterocycles. The maximum atomic E-state index is 11.8. The number of carbonyl (C=O) groups is 2. The van der Waals surface area contributed by atoms with Crippen LogP contribution in [0.5, 0.6) is 5.75 Å². The topological polar surface area (TPSA) is 67.4 Å². The summed E-state index contributed by atoms with van der Waals surface area (Å²) in [5.41, 5.74) is 0.683. The highest BCUT2D eigenvalue weighted by molar-refractivity contribution is 7.13. The summed E-state index contributed by atoms with van der Waals surface area (Å²) in [6, 6.07) is 10.9. The monoisotopic (exact) mass is 318 g/mol. The SMILES string of the molecule is CC(=O)Nc1cccc(OCCNC(=O)c2ccc(C)s2)c1. The normalized spacial score (nSPS) is 10.1. The highest BCUT2D eigenvalue weighted by Gasteiger charge is 2.07. The first-order valence-electron chi connectivity index (χ1n) is 6.89. The fourth-order valence-electron chi connectivity index (χ4n) is 1.84. The van der Waals surface area contributed by atoms with Crippen LogP contribution in [0.4, 0.5) is 5.69 Å². The van der Waals surface area contributed by atoms with Gasteiger partial charge in [0, 0.05) is 23.6 Å². The lowest BCUT2D eigenvalue weighted by Crippen LogP contribution is -2.27. The van der Waals surface area contributed by atoms with Gasteiger partial charge in [0.15, 0.2) is 0 Å². The molecule has 0 atom stereocenters. The Morgan fingerprint density at radius 2 is 2.05 bits per heavy atom. The van der Waals surface area contributed by atoms with Crippen molar-refractivity contribution in [3.8, 4) is 5.75 Å². The predicted molar refractivity (Wildman–Crippen MR) is 87.6 cm³/mol. The first-order chi connectivity index (χ1) is 10.5. The Hall–Kier alpha value is -2.34. The third-order valence-electron chi connectivity index (χ3n) is 2.77. The van der Waals surface area contributed by atoms with Gasteiger partial charge in [0.1, 0.15) is 12.4 Å². The van der Waals surface area contributed by atoms with Crippen LogP contribution in [0.15, 0.2) is 36.4 Å². The number of ether oxygens (including phenoxy) is 1. The van der Waals surface area contributed by atoms with Gasteiger partial charge in [0.05, 0.1) is 11.4 Å². The molecule has 2 N–H and O–H groups in total. The minimum Gasteiger partial charge on any atom is -0.492 e. The van der Waals surface area contributed by atoms with Crippen LogP contribution in [0.3, 0.4) is 0 Å². The van der Waals surface area contributed by atoms with Crippen LogP contribution in [0, 0.1) is 6.92 Å². The van der Waals surface area contributed by atoms with Crippen LogP contribution in [-0.2, 0) is 4.79 Å². The fraction of sp³-hybridized carbons (Fsp3) is 0.250. The lowest BCUT2D eigenvalue weighted by atomic mass is 10.3. The first-order valence-corrected chi connectivity index (χ1v) is 7.71. The average molecular weight is 318 g/mol. The number of nitrogens with one attached hydrogen (secondary N) is 2. The minimum atomic E-state index is -0.129. The summed E-state index contributed by atoms with van der Waals surface area (Å²) in [5.74, 6) is 0.428. The molecule has 0 saturated carbocycles. The number of aryl methyl sites for hydroxylation is 1. The zero-order chi connectivity index (χ0) is 15.9. The van der Waals surface area contributed by atoms with E-state index in [1.807, 2.05) is 19.1 Å². The van der Waals surface area contributed by atoms with E-state index in [2.05, 4.69) is 10.6 Å². The van der Waals surface area contributed by atoms with Crippen LogP contribution in [-0.4, -0.2) is 25.0 Å². The summed E-state index contributed by atoms with van der Waals surface area (Å²) in [4.78, 5) is 24.6. The first kappa shape index (κ1) is 16.0. The molecule has 0 aliphatic carbocycles. The van der Waals surface area contributed by atoms with Gasteiger partial charge in [-0.05, 0) is 31.2 Å². The Bertz CT molecular complexity index is 667. The predicted octanol–water partition coefficient (Wildman–Crippen LogP) is 2.82. The van der Waals surface area contributed by atoms with E-state index in [1.54, 1.807) is 24.3 Å². The van der Waals surface area contributed by atoms with Crippen LogP contribution >= 0.6 is 11.3 Å². The van der Waals surface area contributed by atoms with Crippen molar-refractivity contribution in [2.45, 2.75) is 13.8 Å². The molecule has 0 bridgehead atoms. The molecule has 0 spiro atoms. The van der Waals surface area contributed by atoms with Gasteiger partial charge in [0.2, 0.25) is 5.91 Å². The van der Waals surface area contributed by atoms with Crippen molar-refractivity contribution < 1.29 is 14.3 Å². The molecule has 0 aliphatic rings. The smallest absolute Gasteiger partial charge is 0.261 e. The minimum absolute atomic E-state index is 0.0892. The van der Waals surface area contributed by atoms with E-state index in [0.717, 1.165) is 4.88 Å². The molecule has 0 saturated heterocycles. The average Bonchev–Trinajstić information content (AvgIpc) is 2.90. The van der Waals surface area contributed by atoms with Gasteiger partial charge >= 0.3 is 0 Å². The highest BCUT2D eigenvalue weighted by atomic mass is 32.1. The van der Waals surface area contributed by atoms with Gasteiger partial charge in [-0.3, -0.25) is 9.59 Å². The van der Waals surface area contributed by atoms with E-state index in [0.29, 0.717) is 29.5 Å². The molecule has 5 nitrogen and oxygen atoms in total. The van der Waals surface area contributed by atoms with Crippen molar-refractivity contribution in [3.05, 3.63) is 46.2 Å². The molecular formula is C16H18N2O3S. The molecule has 0 aliphatic heterocycles. The molecule has 6 heteroatoms. The van der Waals surface area contributed by atoms with Crippen LogP contribution in [0.1, 0.15) is 21.5 Å². The van der Waals surface area contributed by atoms with Crippen LogP contribution in [0.2, 0.25) is 0 Å². The van der Waals surface area contributed by atoms with Crippen molar-refractivity contribution >= 4 is 28.8 Å². The van der Waals surface area contributed by atoms with Crippen molar-refractivity contribution in [2.24, 2.45) is 0 Å². The molecule has 0 unspecified atom stereocenters. The van der Waals surface area contributed by atoms with E-state index < -0.39 is 0 Å². The van der Waals surface area contributed by atoms with Gasteiger partial charge in [-0.1, -0.05) is 6.07 Å². The molecule has 1 aromatic heterocycles. The maximum absolute atomic E-state index is 11.8. The van der Waals surface area contributed by atoms with E-state index >= 15 is 0 Å². The number of anilines is 1. The molecule has 0 radical (unpaired) electrons. The second-order valence-corrected chi connectivity index (χ2v) is 6.01. The quantitative estimate of drug-likeness (QED) is 0.805. The van der Waals surface area contributed by atoms with E-state index in [4.69, 9.17) is 4.74 Å². The number of rotatable bonds is 6. The summed E-state index contributed by atoms with van der Waals surface area (Å²) < 4.78 is 5.56. The second-order valence-electron chi connectivity index (χ2n) is 4.72. The molecular weight excluding hydrogens is 300 g/mol. The standard InChI is InChI=1S/C16H18N2O3S/c1-11-6-7-15(22-11)16(20)17-8-9-21-14-5-3-4-13(10-14)18-12(2)19/h3-7,10H,8-9H2,1-2H3,(H,17,20)(H,18,19). The maximum Gasteiger partial charge on any atom is 0.261 e. The summed E-state index contributed by atoms with van der Waals surface area (Å²) in [7, 11) is 0. The van der Waals surface area contributed by atoms with Crippen molar-refractivity contribution in [3.63, 3.8) is 0 Å². The van der Waals surface area contributed by atoms with Gasteiger partial charge in [-0.15, -0.1) is 11.3 Å². The van der Waals surface area contributed by atoms with Crippen molar-refractivity contribution in [1.82, 2.24) is 5.32 Å². The molecule has 116 valence electrons. The van der Waals surface area contributed by atoms with Crippen LogP contribution < -0.4 is 15.4 Å². The van der Waals surface area contributed by atoms with E-state index in [9.17, 15) is 9.59 Å². The zero-order valence-electron chi connectivity index (χ0n) is 12.5. The molecule has 22 heavy (non-hydrogen) atoms. The van der Waals surface area contributed by atoms with Gasteiger partial charge in [-0.2, -0.15) is 0 Å². The third-order valence-corrected chi connectivity index (χ3v) is 3.77. The summed E-state index contributed by atoms with van der Waals surface area (Å²) in [5, 5.41) is 5.50. The fourth-order valence-corrected chi connectivity index (χ4v) is 2.63. The Labute approximate surface area is 133 Å². The van der Waals surface area contributed by atoms with E-state index in [1.165, 1.54) is 18.3 Å².